The number of halogens is 1. The quantitative estimate of drug-likeness (QED) is 0.410. The van der Waals surface area contributed by atoms with Crippen LogP contribution >= 0.6 is 15.9 Å². The van der Waals surface area contributed by atoms with Gasteiger partial charge in [0.25, 0.3) is 0 Å². The Balaban J connectivity index is 1.78. The van der Waals surface area contributed by atoms with Gasteiger partial charge in [0.1, 0.15) is 11.6 Å². The average Bonchev–Trinajstić information content (AvgIpc) is 3.07. The normalized spacial score (nSPS) is 11.0. The minimum atomic E-state index is 0.787. The van der Waals surface area contributed by atoms with Gasteiger partial charge in [-0.2, -0.15) is 0 Å². The summed E-state index contributed by atoms with van der Waals surface area (Å²) in [5.41, 5.74) is 1.11. The zero-order valence-electron chi connectivity index (χ0n) is 14.9. The number of hydrogen-bond donors (Lipinski definition) is 0. The van der Waals surface area contributed by atoms with E-state index < -0.39 is 0 Å². The van der Waals surface area contributed by atoms with Crippen LogP contribution in [0.4, 0.5) is 0 Å². The van der Waals surface area contributed by atoms with E-state index in [1.54, 1.807) is 0 Å². The maximum absolute atomic E-state index is 5.92. The lowest BCUT2D eigenvalue weighted by molar-refractivity contribution is 0.302. The molecule has 1 heterocycles. The molecule has 3 nitrogen and oxygen atoms in total. The Morgan fingerprint density at radius 2 is 1.79 bits per heavy atom. The fraction of sp³-hybridized carbons (Fsp3) is 0.550. The van der Waals surface area contributed by atoms with Crippen LogP contribution in [0.3, 0.4) is 0 Å². The van der Waals surface area contributed by atoms with Crippen molar-refractivity contribution in [1.29, 1.82) is 0 Å². The average molecular weight is 393 g/mol. The third kappa shape index (κ3) is 5.66. The zero-order valence-corrected chi connectivity index (χ0v) is 16.5. The predicted molar refractivity (Wildman–Crippen MR) is 105 cm³/mol. The molecule has 0 radical (unpaired) electrons. The van der Waals surface area contributed by atoms with E-state index in [-0.39, 0.29) is 0 Å². The van der Waals surface area contributed by atoms with Gasteiger partial charge < -0.3 is 9.30 Å². The molecule has 0 aliphatic rings. The van der Waals surface area contributed by atoms with Crippen LogP contribution in [0.1, 0.15) is 58.8 Å². The van der Waals surface area contributed by atoms with Gasteiger partial charge in [-0.3, -0.25) is 0 Å². The minimum Gasteiger partial charge on any atom is -0.492 e. The van der Waals surface area contributed by atoms with Crippen LogP contribution in [0.15, 0.2) is 35.1 Å². The van der Waals surface area contributed by atoms with E-state index in [4.69, 9.17) is 4.74 Å². The molecule has 0 unspecified atom stereocenters. The molecule has 2 aromatic rings. The van der Waals surface area contributed by atoms with E-state index in [0.717, 1.165) is 41.2 Å². The number of hydrogen-bond acceptors (Lipinski definition) is 2. The lowest BCUT2D eigenvalue weighted by atomic mass is 10.1. The molecule has 24 heavy (non-hydrogen) atoms. The topological polar surface area (TPSA) is 27.1 Å². The van der Waals surface area contributed by atoms with Crippen molar-refractivity contribution in [2.45, 2.75) is 65.3 Å². The number of benzene rings is 1. The van der Waals surface area contributed by atoms with Crippen LogP contribution in [0.2, 0.25) is 0 Å². The first-order chi connectivity index (χ1) is 11.8. The van der Waals surface area contributed by atoms with Crippen molar-refractivity contribution in [3.05, 3.63) is 35.1 Å². The Morgan fingerprint density at radius 3 is 2.50 bits per heavy atom. The maximum atomic E-state index is 5.92. The number of unbranched alkanes of at least 4 members (excludes halogenated alkanes) is 6. The molecular weight excluding hydrogens is 364 g/mol. The van der Waals surface area contributed by atoms with Gasteiger partial charge in [0.2, 0.25) is 0 Å². The van der Waals surface area contributed by atoms with Crippen molar-refractivity contribution in [3.8, 4) is 17.1 Å². The summed E-state index contributed by atoms with van der Waals surface area (Å²) in [6.07, 6.45) is 13.0. The summed E-state index contributed by atoms with van der Waals surface area (Å²) in [7, 11) is 0. The van der Waals surface area contributed by atoms with Gasteiger partial charge in [0.05, 0.1) is 11.1 Å². The first-order valence-corrected chi connectivity index (χ1v) is 9.99. The summed E-state index contributed by atoms with van der Waals surface area (Å²) in [4.78, 5) is 4.45. The Kier molecular flexibility index (Phi) is 8.37. The number of aromatic nitrogens is 2. The maximum Gasteiger partial charge on any atom is 0.139 e. The summed E-state index contributed by atoms with van der Waals surface area (Å²) in [5, 5.41) is 0. The van der Waals surface area contributed by atoms with E-state index in [9.17, 15) is 0 Å². The highest BCUT2D eigenvalue weighted by Crippen LogP contribution is 2.30. The Hall–Kier alpha value is -1.29. The molecule has 1 aromatic heterocycles. The highest BCUT2D eigenvalue weighted by atomic mass is 79.9. The minimum absolute atomic E-state index is 0.787. The van der Waals surface area contributed by atoms with Crippen molar-refractivity contribution < 1.29 is 4.74 Å². The van der Waals surface area contributed by atoms with Crippen LogP contribution in [0.5, 0.6) is 5.75 Å². The third-order valence-electron chi connectivity index (χ3n) is 4.25. The summed E-state index contributed by atoms with van der Waals surface area (Å²) >= 11 is 3.63. The molecule has 0 spiro atoms. The molecule has 1 aromatic carbocycles. The van der Waals surface area contributed by atoms with Crippen molar-refractivity contribution in [3.63, 3.8) is 0 Å². The van der Waals surface area contributed by atoms with Gasteiger partial charge in [-0.15, -0.1) is 0 Å². The Morgan fingerprint density at radius 1 is 1.04 bits per heavy atom. The van der Waals surface area contributed by atoms with Gasteiger partial charge in [-0.25, -0.2) is 4.98 Å². The second-order valence-electron chi connectivity index (χ2n) is 6.15. The van der Waals surface area contributed by atoms with Gasteiger partial charge in [0, 0.05) is 24.5 Å². The van der Waals surface area contributed by atoms with E-state index in [0.29, 0.717) is 0 Å². The van der Waals surface area contributed by atoms with Crippen LogP contribution in [0, 0.1) is 0 Å². The van der Waals surface area contributed by atoms with Crippen LogP contribution in [-0.2, 0) is 6.54 Å². The van der Waals surface area contributed by atoms with Gasteiger partial charge in [0.15, 0.2) is 0 Å². The molecule has 0 saturated carbocycles. The van der Waals surface area contributed by atoms with Crippen LogP contribution in [-0.4, -0.2) is 16.2 Å². The number of imidazole rings is 1. The highest BCUT2D eigenvalue weighted by Gasteiger charge is 2.08. The SMILES string of the molecule is CCCCCCCCCOc1ccc(-c2nccn2CC)cc1Br. The molecule has 132 valence electrons. The van der Waals surface area contributed by atoms with E-state index in [1.165, 1.54) is 38.5 Å². The molecule has 0 amide bonds. The summed E-state index contributed by atoms with van der Waals surface area (Å²) in [5.74, 6) is 1.91. The second-order valence-corrected chi connectivity index (χ2v) is 7.01. The summed E-state index contributed by atoms with van der Waals surface area (Å²) in [6.45, 7) is 6.09. The van der Waals surface area contributed by atoms with Crippen molar-refractivity contribution >= 4 is 15.9 Å². The lowest BCUT2D eigenvalue weighted by Crippen LogP contribution is -1.99. The largest absolute Gasteiger partial charge is 0.492 e. The van der Waals surface area contributed by atoms with E-state index in [2.05, 4.69) is 51.5 Å². The van der Waals surface area contributed by atoms with Crippen molar-refractivity contribution in [2.24, 2.45) is 0 Å². The first kappa shape index (κ1) is 19.0. The van der Waals surface area contributed by atoms with E-state index >= 15 is 0 Å². The predicted octanol–water partition coefficient (Wildman–Crippen LogP) is 6.46. The summed E-state index contributed by atoms with van der Waals surface area (Å²) in [6, 6.07) is 6.21. The Bertz CT molecular complexity index is 609. The number of nitrogens with zero attached hydrogens (tertiary/aromatic N) is 2. The fourth-order valence-electron chi connectivity index (χ4n) is 2.82. The zero-order chi connectivity index (χ0) is 17.2. The lowest BCUT2D eigenvalue weighted by Gasteiger charge is -2.10. The molecule has 0 aliphatic carbocycles. The standard InChI is InChI=1S/C20H29BrN2O/c1-3-5-6-7-8-9-10-15-24-19-12-11-17(16-18(19)21)20-22-13-14-23(20)4-2/h11-14,16H,3-10,15H2,1-2H3. The van der Waals surface area contributed by atoms with Crippen molar-refractivity contribution in [1.82, 2.24) is 9.55 Å². The molecule has 0 atom stereocenters. The smallest absolute Gasteiger partial charge is 0.139 e. The molecule has 0 N–H and O–H groups in total. The molecule has 0 fully saturated rings. The summed E-state index contributed by atoms with van der Waals surface area (Å²) < 4.78 is 9.05. The van der Waals surface area contributed by atoms with E-state index in [1.807, 2.05) is 18.5 Å². The van der Waals surface area contributed by atoms with Gasteiger partial charge >= 0.3 is 0 Å². The second kappa shape index (κ2) is 10.5. The molecule has 2 rings (SSSR count). The number of aryl methyl sites for hydroxylation is 1. The van der Waals surface area contributed by atoms with Crippen LogP contribution < -0.4 is 4.74 Å². The van der Waals surface area contributed by atoms with Gasteiger partial charge in [-0.05, 0) is 47.5 Å². The monoisotopic (exact) mass is 392 g/mol. The number of ether oxygens (including phenoxy) is 1. The molecule has 0 saturated heterocycles. The highest BCUT2D eigenvalue weighted by molar-refractivity contribution is 9.10. The molecule has 0 aliphatic heterocycles. The van der Waals surface area contributed by atoms with Gasteiger partial charge in [-0.1, -0.05) is 45.4 Å². The Labute approximate surface area is 154 Å². The molecule has 0 bridgehead atoms. The fourth-order valence-corrected chi connectivity index (χ4v) is 3.32. The first-order valence-electron chi connectivity index (χ1n) is 9.20. The molecular formula is C20H29BrN2O. The molecule has 4 heteroatoms. The third-order valence-corrected chi connectivity index (χ3v) is 4.87. The van der Waals surface area contributed by atoms with Crippen LogP contribution in [0.25, 0.3) is 11.4 Å². The number of rotatable bonds is 11. The van der Waals surface area contributed by atoms with Crippen molar-refractivity contribution in [2.75, 3.05) is 6.61 Å².